The lowest BCUT2D eigenvalue weighted by atomic mass is 10.2. The van der Waals surface area contributed by atoms with Gasteiger partial charge in [-0.2, -0.15) is 0 Å². The van der Waals surface area contributed by atoms with Gasteiger partial charge in [0.1, 0.15) is 0 Å². The lowest BCUT2D eigenvalue weighted by Gasteiger charge is -2.08. The van der Waals surface area contributed by atoms with E-state index in [-0.39, 0.29) is 24.1 Å². The molecule has 0 fully saturated rings. The fraction of sp³-hybridized carbons (Fsp3) is 0.294. The van der Waals surface area contributed by atoms with E-state index in [1.807, 2.05) is 41.8 Å². The molecule has 0 saturated heterocycles. The van der Waals surface area contributed by atoms with Crippen molar-refractivity contribution in [2.45, 2.75) is 18.6 Å². The average molecular weight is 359 g/mol. The predicted molar refractivity (Wildman–Crippen MR) is 98.1 cm³/mol. The van der Waals surface area contributed by atoms with Crippen LogP contribution in [0.2, 0.25) is 0 Å². The molecule has 0 radical (unpaired) electrons. The van der Waals surface area contributed by atoms with Gasteiger partial charge in [-0.15, -0.1) is 16.8 Å². The molecule has 0 aliphatic heterocycles. The first-order valence-electron chi connectivity index (χ1n) is 7.91. The number of likely N-dealkylation sites (N-methyl/N-ethyl adjacent to an activating group) is 1. The Morgan fingerprint density at radius 3 is 2.64 bits per heavy atom. The highest BCUT2D eigenvalue weighted by Gasteiger charge is 2.15. The molecule has 2 N–H and O–H groups in total. The van der Waals surface area contributed by atoms with Gasteiger partial charge in [0.05, 0.1) is 12.3 Å². The number of hydrogen-bond acceptors (Lipinski definition) is 5. The first kappa shape index (κ1) is 18.7. The van der Waals surface area contributed by atoms with Crippen molar-refractivity contribution in [2.24, 2.45) is 0 Å². The standard InChI is InChI=1S/C17H21N5O2S/c1-3-10-22-16(13-8-6-5-7-9-13)20-21-17(22)25-12-15(24)19-11-14(23)18-4-2/h3,5-9H,1,4,10-12H2,2H3,(H,18,23)(H,19,24). The van der Waals surface area contributed by atoms with Crippen molar-refractivity contribution < 1.29 is 9.59 Å². The summed E-state index contributed by atoms with van der Waals surface area (Å²) in [4.78, 5) is 23.2. The van der Waals surface area contributed by atoms with Gasteiger partial charge in [0, 0.05) is 18.7 Å². The van der Waals surface area contributed by atoms with E-state index in [0.29, 0.717) is 18.2 Å². The van der Waals surface area contributed by atoms with Gasteiger partial charge in [-0.05, 0) is 6.92 Å². The van der Waals surface area contributed by atoms with Crippen LogP contribution in [-0.4, -0.2) is 45.4 Å². The first-order valence-corrected chi connectivity index (χ1v) is 8.90. The van der Waals surface area contributed by atoms with Gasteiger partial charge < -0.3 is 10.6 Å². The molecule has 0 bridgehead atoms. The minimum atomic E-state index is -0.231. The number of nitrogens with zero attached hydrogens (tertiary/aromatic N) is 3. The normalized spacial score (nSPS) is 10.3. The molecule has 0 unspecified atom stereocenters. The molecule has 7 nitrogen and oxygen atoms in total. The minimum Gasteiger partial charge on any atom is -0.355 e. The van der Waals surface area contributed by atoms with Crippen molar-refractivity contribution in [3.05, 3.63) is 43.0 Å². The van der Waals surface area contributed by atoms with E-state index in [9.17, 15) is 9.59 Å². The number of benzene rings is 1. The van der Waals surface area contributed by atoms with E-state index in [1.165, 1.54) is 11.8 Å². The molecule has 2 amide bonds. The summed E-state index contributed by atoms with van der Waals surface area (Å²) >= 11 is 1.27. The third-order valence-electron chi connectivity index (χ3n) is 3.21. The molecule has 0 aliphatic carbocycles. The van der Waals surface area contributed by atoms with Crippen LogP contribution in [0.15, 0.2) is 48.1 Å². The third-order valence-corrected chi connectivity index (χ3v) is 4.18. The minimum absolute atomic E-state index is 0.0259. The molecule has 25 heavy (non-hydrogen) atoms. The molecule has 2 rings (SSSR count). The number of hydrogen-bond donors (Lipinski definition) is 2. The second-order valence-corrected chi connectivity index (χ2v) is 6.03. The number of carbonyl (C=O) groups excluding carboxylic acids is 2. The van der Waals surface area contributed by atoms with Gasteiger partial charge in [-0.1, -0.05) is 48.2 Å². The second kappa shape index (κ2) is 9.63. The lowest BCUT2D eigenvalue weighted by Crippen LogP contribution is -2.37. The number of nitrogens with one attached hydrogen (secondary N) is 2. The van der Waals surface area contributed by atoms with Crippen LogP contribution in [0.3, 0.4) is 0 Å². The Bertz CT molecular complexity index is 730. The summed E-state index contributed by atoms with van der Waals surface area (Å²) in [5, 5.41) is 14.2. The topological polar surface area (TPSA) is 88.9 Å². The van der Waals surface area contributed by atoms with Gasteiger partial charge >= 0.3 is 0 Å². The third kappa shape index (κ3) is 5.46. The SMILES string of the molecule is C=CCn1c(SCC(=O)NCC(=O)NCC)nnc1-c1ccccc1. The van der Waals surface area contributed by atoms with E-state index >= 15 is 0 Å². The molecule has 132 valence electrons. The number of thioether (sulfide) groups is 1. The number of aromatic nitrogens is 3. The van der Waals surface area contributed by atoms with Gasteiger partial charge in [0.15, 0.2) is 11.0 Å². The van der Waals surface area contributed by atoms with E-state index in [0.717, 1.165) is 11.4 Å². The maximum atomic E-state index is 11.9. The van der Waals surface area contributed by atoms with E-state index in [4.69, 9.17) is 0 Å². The van der Waals surface area contributed by atoms with Crippen LogP contribution in [0.5, 0.6) is 0 Å². The Kier molecular flexibility index (Phi) is 7.21. The Morgan fingerprint density at radius 2 is 1.96 bits per heavy atom. The van der Waals surface area contributed by atoms with E-state index < -0.39 is 0 Å². The average Bonchev–Trinajstić information content (AvgIpc) is 3.02. The van der Waals surface area contributed by atoms with E-state index in [2.05, 4.69) is 27.4 Å². The zero-order valence-corrected chi connectivity index (χ0v) is 14.9. The highest BCUT2D eigenvalue weighted by molar-refractivity contribution is 7.99. The van der Waals surface area contributed by atoms with Crippen molar-refractivity contribution in [3.63, 3.8) is 0 Å². The molecule has 1 heterocycles. The Balaban J connectivity index is 2.00. The number of amides is 2. The fourth-order valence-electron chi connectivity index (χ4n) is 2.11. The molecule has 1 aromatic carbocycles. The number of rotatable bonds is 9. The summed E-state index contributed by atoms with van der Waals surface area (Å²) in [7, 11) is 0. The Labute approximate surface area is 150 Å². The molecule has 0 spiro atoms. The maximum Gasteiger partial charge on any atom is 0.239 e. The van der Waals surface area contributed by atoms with Crippen LogP contribution in [0.4, 0.5) is 0 Å². The summed E-state index contributed by atoms with van der Waals surface area (Å²) in [6.45, 7) is 6.64. The molecule has 2 aromatic rings. The molecule has 0 atom stereocenters. The summed E-state index contributed by atoms with van der Waals surface area (Å²) < 4.78 is 1.91. The number of carbonyl (C=O) groups is 2. The van der Waals surface area contributed by atoms with Crippen LogP contribution in [0.25, 0.3) is 11.4 Å². The van der Waals surface area contributed by atoms with Crippen LogP contribution < -0.4 is 10.6 Å². The van der Waals surface area contributed by atoms with Crippen LogP contribution in [0, 0.1) is 0 Å². The predicted octanol–water partition coefficient (Wildman–Crippen LogP) is 1.48. The van der Waals surface area contributed by atoms with Crippen molar-refractivity contribution in [2.75, 3.05) is 18.8 Å². The number of allylic oxidation sites excluding steroid dienone is 1. The highest BCUT2D eigenvalue weighted by atomic mass is 32.2. The van der Waals surface area contributed by atoms with Crippen molar-refractivity contribution >= 4 is 23.6 Å². The highest BCUT2D eigenvalue weighted by Crippen LogP contribution is 2.23. The van der Waals surface area contributed by atoms with Crippen molar-refractivity contribution in [1.29, 1.82) is 0 Å². The van der Waals surface area contributed by atoms with Crippen molar-refractivity contribution in [1.82, 2.24) is 25.4 Å². The van der Waals surface area contributed by atoms with Gasteiger partial charge in [0.25, 0.3) is 0 Å². The largest absolute Gasteiger partial charge is 0.355 e. The quantitative estimate of drug-likeness (QED) is 0.523. The summed E-state index contributed by atoms with van der Waals surface area (Å²) in [5.41, 5.74) is 0.949. The first-order chi connectivity index (χ1) is 12.2. The van der Waals surface area contributed by atoms with E-state index in [1.54, 1.807) is 6.08 Å². The summed E-state index contributed by atoms with van der Waals surface area (Å²) in [6, 6.07) is 9.72. The van der Waals surface area contributed by atoms with Crippen LogP contribution in [0.1, 0.15) is 6.92 Å². The monoisotopic (exact) mass is 359 g/mol. The molecule has 0 saturated carbocycles. The molecule has 0 aliphatic rings. The van der Waals surface area contributed by atoms with Gasteiger partial charge in [-0.3, -0.25) is 14.2 Å². The smallest absolute Gasteiger partial charge is 0.239 e. The van der Waals surface area contributed by atoms with Crippen molar-refractivity contribution in [3.8, 4) is 11.4 Å². The lowest BCUT2D eigenvalue weighted by molar-refractivity contribution is -0.124. The molecule has 8 heteroatoms. The van der Waals surface area contributed by atoms with Gasteiger partial charge in [-0.25, -0.2) is 0 Å². The van der Waals surface area contributed by atoms with Crippen LogP contribution >= 0.6 is 11.8 Å². The molecular formula is C17H21N5O2S. The summed E-state index contributed by atoms with van der Waals surface area (Å²) in [5.74, 6) is 0.446. The van der Waals surface area contributed by atoms with Crippen LogP contribution in [-0.2, 0) is 16.1 Å². The Morgan fingerprint density at radius 1 is 1.20 bits per heavy atom. The zero-order valence-electron chi connectivity index (χ0n) is 14.1. The Hall–Kier alpha value is -2.61. The summed E-state index contributed by atoms with van der Waals surface area (Å²) in [6.07, 6.45) is 1.76. The molecule has 1 aromatic heterocycles. The fourth-order valence-corrected chi connectivity index (χ4v) is 2.89. The zero-order chi connectivity index (χ0) is 18.1. The molecular weight excluding hydrogens is 338 g/mol. The maximum absolute atomic E-state index is 11.9. The van der Waals surface area contributed by atoms with Gasteiger partial charge in [0.2, 0.25) is 11.8 Å². The second-order valence-electron chi connectivity index (χ2n) is 5.09.